The third-order valence-electron chi connectivity index (χ3n) is 4.42. The molecule has 0 bridgehead atoms. The van der Waals surface area contributed by atoms with Gasteiger partial charge in [-0.05, 0) is 24.3 Å². The second kappa shape index (κ2) is 7.33. The van der Waals surface area contributed by atoms with Crippen molar-refractivity contribution in [2.45, 2.75) is 16.6 Å². The Balaban J connectivity index is 1.38. The van der Waals surface area contributed by atoms with Gasteiger partial charge in [0.1, 0.15) is 11.6 Å². The summed E-state index contributed by atoms with van der Waals surface area (Å²) in [6.07, 6.45) is 1.64. The van der Waals surface area contributed by atoms with Crippen molar-refractivity contribution in [1.82, 2.24) is 29.4 Å². The van der Waals surface area contributed by atoms with Crippen molar-refractivity contribution in [3.63, 3.8) is 0 Å². The van der Waals surface area contributed by atoms with E-state index < -0.39 is 0 Å². The maximum Gasteiger partial charge on any atom is 0.262 e. The summed E-state index contributed by atoms with van der Waals surface area (Å²) in [5, 5.41) is 21.4. The molecule has 9 nitrogen and oxygen atoms in total. The summed E-state index contributed by atoms with van der Waals surface area (Å²) in [6.45, 7) is 0.557. The topological polar surface area (TPSA) is 103 Å². The van der Waals surface area contributed by atoms with Crippen LogP contribution in [0.1, 0.15) is 11.6 Å². The SMILES string of the molecule is Cn1c(=O)c2ccccc2n2c(CSc3nnc(NCc4ccco4)s3)nnc12. The van der Waals surface area contributed by atoms with Crippen LogP contribution in [0.2, 0.25) is 0 Å². The van der Waals surface area contributed by atoms with Crippen LogP contribution in [-0.4, -0.2) is 29.4 Å². The summed E-state index contributed by atoms with van der Waals surface area (Å²) < 4.78 is 9.55. The van der Waals surface area contributed by atoms with Crippen molar-refractivity contribution >= 4 is 44.9 Å². The average molecular weight is 425 g/mol. The van der Waals surface area contributed by atoms with Crippen LogP contribution in [0.3, 0.4) is 0 Å². The average Bonchev–Trinajstić information content (AvgIpc) is 3.50. The maximum atomic E-state index is 12.5. The molecule has 0 saturated heterocycles. The first-order valence-electron chi connectivity index (χ1n) is 8.75. The van der Waals surface area contributed by atoms with Gasteiger partial charge in [0.2, 0.25) is 10.9 Å². The second-order valence-electron chi connectivity index (χ2n) is 6.23. The highest BCUT2D eigenvalue weighted by Crippen LogP contribution is 2.28. The zero-order valence-corrected chi connectivity index (χ0v) is 16.9. The number of nitrogens with one attached hydrogen (secondary N) is 1. The van der Waals surface area contributed by atoms with Gasteiger partial charge in [-0.1, -0.05) is 35.2 Å². The van der Waals surface area contributed by atoms with Crippen LogP contribution >= 0.6 is 23.1 Å². The molecule has 146 valence electrons. The smallest absolute Gasteiger partial charge is 0.262 e. The highest BCUT2D eigenvalue weighted by Gasteiger charge is 2.15. The molecule has 1 aromatic carbocycles. The molecule has 0 saturated carbocycles. The fraction of sp³-hybridized carbons (Fsp3) is 0.167. The lowest BCUT2D eigenvalue weighted by Crippen LogP contribution is -2.20. The number of aromatic nitrogens is 6. The van der Waals surface area contributed by atoms with Gasteiger partial charge in [-0.15, -0.1) is 20.4 Å². The van der Waals surface area contributed by atoms with Gasteiger partial charge < -0.3 is 9.73 Å². The summed E-state index contributed by atoms with van der Waals surface area (Å²) in [4.78, 5) is 12.5. The minimum Gasteiger partial charge on any atom is -0.467 e. The van der Waals surface area contributed by atoms with Crippen molar-refractivity contribution in [3.8, 4) is 0 Å². The zero-order chi connectivity index (χ0) is 19.8. The molecule has 0 aliphatic heterocycles. The molecule has 0 aliphatic rings. The molecule has 29 heavy (non-hydrogen) atoms. The normalized spacial score (nSPS) is 11.5. The van der Waals surface area contributed by atoms with E-state index >= 15 is 0 Å². The largest absolute Gasteiger partial charge is 0.467 e. The lowest BCUT2D eigenvalue weighted by atomic mass is 10.2. The van der Waals surface area contributed by atoms with Gasteiger partial charge in [-0.25, -0.2) is 0 Å². The molecule has 0 fully saturated rings. The van der Waals surface area contributed by atoms with E-state index in [1.165, 1.54) is 27.7 Å². The van der Waals surface area contributed by atoms with Crippen molar-refractivity contribution in [2.24, 2.45) is 7.05 Å². The van der Waals surface area contributed by atoms with Crippen molar-refractivity contribution < 1.29 is 4.42 Å². The van der Waals surface area contributed by atoms with E-state index in [4.69, 9.17) is 4.42 Å². The van der Waals surface area contributed by atoms with Crippen LogP contribution in [0.25, 0.3) is 16.7 Å². The van der Waals surface area contributed by atoms with Crippen LogP contribution in [0.5, 0.6) is 0 Å². The number of hydrogen-bond acceptors (Lipinski definition) is 9. The number of benzene rings is 1. The highest BCUT2D eigenvalue weighted by molar-refractivity contribution is 8.00. The Labute approximate surface area is 172 Å². The van der Waals surface area contributed by atoms with E-state index in [1.54, 1.807) is 13.3 Å². The van der Waals surface area contributed by atoms with Gasteiger partial charge in [0.25, 0.3) is 5.56 Å². The molecule has 5 aromatic rings. The number of furan rings is 1. The number of para-hydroxylation sites is 1. The van der Waals surface area contributed by atoms with Crippen LogP contribution in [0.15, 0.2) is 56.2 Å². The van der Waals surface area contributed by atoms with Gasteiger partial charge in [0, 0.05) is 7.05 Å². The standard InChI is InChI=1S/C18H15N7O2S2/c1-24-15(26)12-6-2-3-7-13(12)25-14(20-22-17(24)25)10-28-18-23-21-16(29-18)19-9-11-5-4-8-27-11/h2-8H,9-10H2,1H3,(H,19,21). The van der Waals surface area contributed by atoms with Crippen LogP contribution in [0, 0.1) is 0 Å². The molecule has 4 aromatic heterocycles. The minimum absolute atomic E-state index is 0.0869. The first-order valence-corrected chi connectivity index (χ1v) is 10.6. The predicted molar refractivity (Wildman–Crippen MR) is 111 cm³/mol. The number of nitrogens with zero attached hydrogens (tertiary/aromatic N) is 6. The fourth-order valence-corrected chi connectivity index (χ4v) is 4.69. The van der Waals surface area contributed by atoms with Crippen molar-refractivity contribution in [3.05, 3.63) is 64.6 Å². The third kappa shape index (κ3) is 3.28. The van der Waals surface area contributed by atoms with Crippen LogP contribution in [-0.2, 0) is 19.3 Å². The Hall–Kier alpha value is -3.18. The first kappa shape index (κ1) is 17.9. The fourth-order valence-electron chi connectivity index (χ4n) is 3.03. The molecule has 11 heteroatoms. The number of rotatable bonds is 6. The van der Waals surface area contributed by atoms with E-state index in [-0.39, 0.29) is 5.56 Å². The van der Waals surface area contributed by atoms with E-state index in [0.29, 0.717) is 23.5 Å². The summed E-state index contributed by atoms with van der Waals surface area (Å²) in [5.41, 5.74) is 0.709. The Morgan fingerprint density at radius 3 is 2.90 bits per heavy atom. The molecular formula is C18H15N7O2S2. The summed E-state index contributed by atoms with van der Waals surface area (Å²) in [7, 11) is 1.71. The van der Waals surface area contributed by atoms with Crippen LogP contribution < -0.4 is 10.9 Å². The van der Waals surface area contributed by atoms with E-state index in [2.05, 4.69) is 25.7 Å². The van der Waals surface area contributed by atoms with E-state index in [0.717, 1.165) is 26.6 Å². The Morgan fingerprint density at radius 1 is 1.14 bits per heavy atom. The van der Waals surface area contributed by atoms with Gasteiger partial charge in [-0.3, -0.25) is 13.8 Å². The zero-order valence-electron chi connectivity index (χ0n) is 15.3. The molecule has 4 heterocycles. The minimum atomic E-state index is -0.0869. The number of fused-ring (bicyclic) bond motifs is 3. The lowest BCUT2D eigenvalue weighted by Gasteiger charge is -2.07. The summed E-state index contributed by atoms with van der Waals surface area (Å²) >= 11 is 2.99. The van der Waals surface area contributed by atoms with Crippen LogP contribution in [0.4, 0.5) is 5.13 Å². The summed E-state index contributed by atoms with van der Waals surface area (Å²) in [5.74, 6) is 2.65. The maximum absolute atomic E-state index is 12.5. The lowest BCUT2D eigenvalue weighted by molar-refractivity contribution is 0.518. The number of anilines is 1. The third-order valence-corrected chi connectivity index (χ3v) is 6.43. The van der Waals surface area contributed by atoms with Crippen molar-refractivity contribution in [2.75, 3.05) is 5.32 Å². The van der Waals surface area contributed by atoms with Gasteiger partial charge in [0.05, 0.1) is 29.5 Å². The molecule has 0 atom stereocenters. The molecule has 0 radical (unpaired) electrons. The van der Waals surface area contributed by atoms with E-state index in [9.17, 15) is 4.79 Å². The second-order valence-corrected chi connectivity index (χ2v) is 8.43. The Kier molecular flexibility index (Phi) is 4.52. The number of thioether (sulfide) groups is 1. The Bertz CT molecular complexity index is 1350. The number of hydrogen-bond donors (Lipinski definition) is 1. The number of aryl methyl sites for hydroxylation is 1. The van der Waals surface area contributed by atoms with Gasteiger partial charge in [0.15, 0.2) is 4.34 Å². The molecule has 0 aliphatic carbocycles. The predicted octanol–water partition coefficient (Wildman–Crippen LogP) is 2.93. The molecular weight excluding hydrogens is 410 g/mol. The van der Waals surface area contributed by atoms with Crippen molar-refractivity contribution in [1.29, 1.82) is 0 Å². The quantitative estimate of drug-likeness (QED) is 0.414. The molecule has 1 N–H and O–H groups in total. The van der Waals surface area contributed by atoms with Gasteiger partial charge >= 0.3 is 0 Å². The monoisotopic (exact) mass is 425 g/mol. The first-order chi connectivity index (χ1) is 14.2. The molecule has 0 spiro atoms. The molecule has 5 rings (SSSR count). The van der Waals surface area contributed by atoms with E-state index in [1.807, 2.05) is 40.8 Å². The molecule has 0 unspecified atom stereocenters. The molecule has 0 amide bonds. The van der Waals surface area contributed by atoms with Gasteiger partial charge in [-0.2, -0.15) is 0 Å². The highest BCUT2D eigenvalue weighted by atomic mass is 32.2. The summed E-state index contributed by atoms with van der Waals surface area (Å²) in [6, 6.07) is 11.2. The Morgan fingerprint density at radius 2 is 2.03 bits per heavy atom.